The molecule has 0 aliphatic carbocycles. The Hall–Kier alpha value is -2.66. The van der Waals surface area contributed by atoms with Crippen molar-refractivity contribution in [2.75, 3.05) is 13.1 Å². The van der Waals surface area contributed by atoms with Gasteiger partial charge in [-0.2, -0.15) is 0 Å². The van der Waals surface area contributed by atoms with Crippen molar-refractivity contribution in [2.45, 2.75) is 18.9 Å². The van der Waals surface area contributed by atoms with Gasteiger partial charge in [0.15, 0.2) is 0 Å². The Morgan fingerprint density at radius 1 is 1.20 bits per heavy atom. The topological polar surface area (TPSA) is 64.2 Å². The van der Waals surface area contributed by atoms with Gasteiger partial charge in [-0.15, -0.1) is 0 Å². The van der Waals surface area contributed by atoms with Crippen LogP contribution in [0, 0.1) is 0 Å². The van der Waals surface area contributed by atoms with E-state index in [9.17, 15) is 4.79 Å². The number of nitrogens with zero attached hydrogens (tertiary/aromatic N) is 3. The van der Waals surface area contributed by atoms with Crippen LogP contribution in [0.15, 0.2) is 48.5 Å². The fourth-order valence-corrected chi connectivity index (χ4v) is 3.86. The molecule has 5 nitrogen and oxygen atoms in total. The summed E-state index contributed by atoms with van der Waals surface area (Å²) in [6, 6.07) is 15.9. The molecule has 1 aromatic heterocycles. The molecule has 1 aliphatic heterocycles. The van der Waals surface area contributed by atoms with E-state index in [0.29, 0.717) is 0 Å². The fourth-order valence-electron chi connectivity index (χ4n) is 3.86. The van der Waals surface area contributed by atoms with Gasteiger partial charge in [0, 0.05) is 26.6 Å². The van der Waals surface area contributed by atoms with Crippen molar-refractivity contribution in [3.05, 3.63) is 65.5 Å². The summed E-state index contributed by atoms with van der Waals surface area (Å²) in [5.74, 6) is 0.750. The number of para-hydroxylation sites is 2. The molecule has 5 heteroatoms. The van der Waals surface area contributed by atoms with Gasteiger partial charge in [0.1, 0.15) is 11.9 Å². The van der Waals surface area contributed by atoms with Crippen molar-refractivity contribution in [1.29, 1.82) is 0 Å². The Morgan fingerprint density at radius 2 is 1.96 bits per heavy atom. The zero-order valence-electron chi connectivity index (χ0n) is 14.4. The number of amides is 1. The quantitative estimate of drug-likeness (QED) is 0.795. The average molecular weight is 334 g/mol. The SMILES string of the molecule is Cn1c(CCN2CCc3ccccc3C2C(N)=O)nc2ccccc21. The molecule has 4 rings (SSSR count). The highest BCUT2D eigenvalue weighted by Gasteiger charge is 2.31. The van der Waals surface area contributed by atoms with E-state index in [1.807, 2.05) is 43.4 Å². The van der Waals surface area contributed by atoms with E-state index >= 15 is 0 Å². The molecule has 2 N–H and O–H groups in total. The van der Waals surface area contributed by atoms with Crippen LogP contribution in [0.1, 0.15) is 23.0 Å². The Labute approximate surface area is 147 Å². The van der Waals surface area contributed by atoms with Crippen LogP contribution in [0.2, 0.25) is 0 Å². The summed E-state index contributed by atoms with van der Waals surface area (Å²) in [4.78, 5) is 19.0. The highest BCUT2D eigenvalue weighted by Crippen LogP contribution is 2.29. The molecule has 0 bridgehead atoms. The maximum Gasteiger partial charge on any atom is 0.239 e. The molecule has 2 aromatic carbocycles. The monoisotopic (exact) mass is 334 g/mol. The van der Waals surface area contributed by atoms with Crippen LogP contribution in [0.4, 0.5) is 0 Å². The van der Waals surface area contributed by atoms with Crippen LogP contribution in [-0.4, -0.2) is 33.4 Å². The number of imidazole rings is 1. The van der Waals surface area contributed by atoms with Crippen LogP contribution in [0.5, 0.6) is 0 Å². The number of aromatic nitrogens is 2. The first kappa shape index (κ1) is 15.8. The third kappa shape index (κ3) is 2.81. The van der Waals surface area contributed by atoms with Crippen molar-refractivity contribution < 1.29 is 4.79 Å². The third-order valence-electron chi connectivity index (χ3n) is 5.16. The number of hydrogen-bond donors (Lipinski definition) is 1. The second-order valence-electron chi connectivity index (χ2n) is 6.62. The molecule has 128 valence electrons. The van der Waals surface area contributed by atoms with Gasteiger partial charge in [0.2, 0.25) is 5.91 Å². The number of hydrogen-bond acceptors (Lipinski definition) is 3. The summed E-state index contributed by atoms with van der Waals surface area (Å²) in [7, 11) is 2.04. The van der Waals surface area contributed by atoms with E-state index in [0.717, 1.165) is 48.4 Å². The normalized spacial score (nSPS) is 17.6. The number of aryl methyl sites for hydroxylation is 1. The largest absolute Gasteiger partial charge is 0.368 e. The van der Waals surface area contributed by atoms with E-state index in [-0.39, 0.29) is 11.9 Å². The summed E-state index contributed by atoms with van der Waals surface area (Å²) in [6.45, 7) is 1.60. The molecule has 1 atom stereocenters. The predicted octanol–water partition coefficient (Wildman–Crippen LogP) is 2.20. The number of fused-ring (bicyclic) bond motifs is 2. The molecule has 0 fully saturated rings. The van der Waals surface area contributed by atoms with Crippen molar-refractivity contribution >= 4 is 16.9 Å². The van der Waals surface area contributed by atoms with Gasteiger partial charge in [0.25, 0.3) is 0 Å². The van der Waals surface area contributed by atoms with Gasteiger partial charge < -0.3 is 10.3 Å². The van der Waals surface area contributed by atoms with Gasteiger partial charge in [0.05, 0.1) is 11.0 Å². The number of benzene rings is 2. The molecule has 2 heterocycles. The first-order valence-electron chi connectivity index (χ1n) is 8.66. The van der Waals surface area contributed by atoms with Crippen LogP contribution >= 0.6 is 0 Å². The van der Waals surface area contributed by atoms with Crippen molar-refractivity contribution in [2.24, 2.45) is 12.8 Å². The smallest absolute Gasteiger partial charge is 0.239 e. The lowest BCUT2D eigenvalue weighted by molar-refractivity contribution is -0.123. The van der Waals surface area contributed by atoms with E-state index in [1.54, 1.807) is 0 Å². The summed E-state index contributed by atoms with van der Waals surface area (Å²) < 4.78 is 2.13. The maximum absolute atomic E-state index is 12.1. The minimum atomic E-state index is -0.348. The number of carbonyl (C=O) groups excluding carboxylic acids is 1. The van der Waals surface area contributed by atoms with Crippen molar-refractivity contribution in [3.8, 4) is 0 Å². The van der Waals surface area contributed by atoms with Gasteiger partial charge >= 0.3 is 0 Å². The number of nitrogens with two attached hydrogens (primary N) is 1. The zero-order valence-corrected chi connectivity index (χ0v) is 14.4. The van der Waals surface area contributed by atoms with Crippen LogP contribution < -0.4 is 5.73 Å². The van der Waals surface area contributed by atoms with E-state index in [2.05, 4.69) is 21.6 Å². The van der Waals surface area contributed by atoms with E-state index in [4.69, 9.17) is 10.7 Å². The van der Waals surface area contributed by atoms with Gasteiger partial charge in [-0.3, -0.25) is 9.69 Å². The van der Waals surface area contributed by atoms with Crippen LogP contribution in [0.25, 0.3) is 11.0 Å². The van der Waals surface area contributed by atoms with Crippen LogP contribution in [-0.2, 0) is 24.7 Å². The first-order valence-corrected chi connectivity index (χ1v) is 8.66. The first-order chi connectivity index (χ1) is 12.1. The highest BCUT2D eigenvalue weighted by molar-refractivity contribution is 5.82. The summed E-state index contributed by atoms with van der Waals surface area (Å²) in [6.07, 6.45) is 1.74. The Bertz CT molecular complexity index is 930. The summed E-state index contributed by atoms with van der Waals surface area (Å²) >= 11 is 0. The fraction of sp³-hybridized carbons (Fsp3) is 0.300. The summed E-state index contributed by atoms with van der Waals surface area (Å²) in [5, 5.41) is 0. The molecule has 0 saturated heterocycles. The van der Waals surface area contributed by atoms with E-state index < -0.39 is 0 Å². The molecule has 0 radical (unpaired) electrons. The minimum Gasteiger partial charge on any atom is -0.368 e. The molecule has 1 aliphatic rings. The molecular weight excluding hydrogens is 312 g/mol. The van der Waals surface area contributed by atoms with Gasteiger partial charge in [-0.25, -0.2) is 4.98 Å². The van der Waals surface area contributed by atoms with Gasteiger partial charge in [-0.05, 0) is 29.7 Å². The predicted molar refractivity (Wildman–Crippen MR) is 98.1 cm³/mol. The molecule has 3 aromatic rings. The lowest BCUT2D eigenvalue weighted by Crippen LogP contribution is -2.43. The minimum absolute atomic E-state index is 0.280. The Morgan fingerprint density at radius 3 is 2.76 bits per heavy atom. The Balaban J connectivity index is 1.57. The number of rotatable bonds is 4. The maximum atomic E-state index is 12.1. The second kappa shape index (κ2) is 6.33. The van der Waals surface area contributed by atoms with E-state index in [1.165, 1.54) is 5.56 Å². The molecule has 1 unspecified atom stereocenters. The average Bonchev–Trinajstić information content (AvgIpc) is 2.95. The molecule has 1 amide bonds. The molecular formula is C20H22N4O. The third-order valence-corrected chi connectivity index (χ3v) is 5.16. The lowest BCUT2D eigenvalue weighted by atomic mass is 9.92. The molecule has 0 saturated carbocycles. The van der Waals surface area contributed by atoms with Gasteiger partial charge in [-0.1, -0.05) is 36.4 Å². The zero-order chi connectivity index (χ0) is 17.4. The van der Waals surface area contributed by atoms with Crippen molar-refractivity contribution in [1.82, 2.24) is 14.5 Å². The number of primary amides is 1. The Kier molecular flexibility index (Phi) is 4.01. The summed E-state index contributed by atoms with van der Waals surface area (Å²) in [5.41, 5.74) is 10.1. The standard InChI is InChI=1S/C20H22N4O/c1-23-17-9-5-4-8-16(17)22-18(23)11-13-24-12-10-14-6-2-3-7-15(14)19(24)20(21)25/h2-9,19H,10-13H2,1H3,(H2,21,25). The highest BCUT2D eigenvalue weighted by atomic mass is 16.1. The molecule has 25 heavy (non-hydrogen) atoms. The second-order valence-corrected chi connectivity index (χ2v) is 6.62. The molecule has 0 spiro atoms. The lowest BCUT2D eigenvalue weighted by Gasteiger charge is -2.35. The van der Waals surface area contributed by atoms with Crippen molar-refractivity contribution in [3.63, 3.8) is 0 Å². The van der Waals surface area contributed by atoms with Crippen LogP contribution in [0.3, 0.4) is 0 Å². The number of carbonyl (C=O) groups is 1.